The lowest BCUT2D eigenvalue weighted by molar-refractivity contribution is 0.104. The summed E-state index contributed by atoms with van der Waals surface area (Å²) in [7, 11) is 0.0233. The highest BCUT2D eigenvalue weighted by Crippen LogP contribution is 2.39. The Labute approximate surface area is 141 Å². The van der Waals surface area contributed by atoms with Crippen molar-refractivity contribution in [3.63, 3.8) is 0 Å². The summed E-state index contributed by atoms with van der Waals surface area (Å²) in [5.74, 6) is 0.598. The van der Waals surface area contributed by atoms with Gasteiger partial charge < -0.3 is 9.47 Å². The van der Waals surface area contributed by atoms with Crippen molar-refractivity contribution in [2.75, 3.05) is 14.2 Å². The third-order valence-corrected chi connectivity index (χ3v) is 4.89. The van der Waals surface area contributed by atoms with Gasteiger partial charge >= 0.3 is 0 Å². The maximum Gasteiger partial charge on any atom is 0.253 e. The fourth-order valence-corrected chi connectivity index (χ4v) is 3.63. The molecule has 0 aliphatic rings. The zero-order valence-electron chi connectivity index (χ0n) is 14.0. The number of hydrogen-bond acceptors (Lipinski definition) is 5. The third kappa shape index (κ3) is 3.22. The van der Waals surface area contributed by atoms with Crippen LogP contribution >= 0.6 is 7.80 Å². The number of carbonyl (C=O) groups is 2. The molecule has 0 saturated heterocycles. The number of rotatable bonds is 6. The largest absolute Gasteiger partial charge is 0.496 e. The first-order chi connectivity index (χ1) is 11.4. The molecule has 0 aliphatic carbocycles. The van der Waals surface area contributed by atoms with E-state index in [1.54, 1.807) is 50.2 Å². The number of hydrogen-bond donors (Lipinski definition) is 0. The highest BCUT2D eigenvalue weighted by Gasteiger charge is 2.30. The minimum absolute atomic E-state index is 0.169. The lowest BCUT2D eigenvalue weighted by Gasteiger charge is -2.12. The average molecular weight is 345 g/mol. The van der Waals surface area contributed by atoms with Crippen LogP contribution in [0.15, 0.2) is 36.4 Å². The number of ether oxygens (including phenoxy) is 2. The lowest BCUT2D eigenvalue weighted by Crippen LogP contribution is -2.08. The Bertz CT molecular complexity index is 759. The Kier molecular flexibility index (Phi) is 5.47. The molecule has 0 N–H and O–H groups in total. The second-order valence-corrected chi connectivity index (χ2v) is 6.61. The monoisotopic (exact) mass is 345 g/mol. The fourth-order valence-electron chi connectivity index (χ4n) is 2.47. The molecule has 0 saturated carbocycles. The van der Waals surface area contributed by atoms with Crippen molar-refractivity contribution in [2.24, 2.45) is 0 Å². The second kappa shape index (κ2) is 7.37. The number of carbonyl (C=O) groups excluding carboxylic acids is 2. The summed E-state index contributed by atoms with van der Waals surface area (Å²) in [6.45, 7) is 3.41. The molecule has 24 heavy (non-hydrogen) atoms. The van der Waals surface area contributed by atoms with Crippen molar-refractivity contribution >= 4 is 18.8 Å². The van der Waals surface area contributed by atoms with Gasteiger partial charge in [-0.05, 0) is 37.1 Å². The van der Waals surface area contributed by atoms with Gasteiger partial charge in [0.05, 0.1) is 25.3 Å². The van der Waals surface area contributed by atoms with E-state index in [4.69, 9.17) is 9.47 Å². The maximum atomic E-state index is 12.6. The van der Waals surface area contributed by atoms with Gasteiger partial charge in [0.2, 0.25) is 7.80 Å². The molecular weight excluding hydrogens is 327 g/mol. The first kappa shape index (κ1) is 17.8. The Morgan fingerprint density at radius 2 is 1.17 bits per heavy atom. The molecule has 0 bridgehead atoms. The van der Waals surface area contributed by atoms with Crippen LogP contribution in [0.25, 0.3) is 0 Å². The molecule has 0 fully saturated rings. The van der Waals surface area contributed by atoms with Gasteiger partial charge in [-0.15, -0.1) is 0 Å². The van der Waals surface area contributed by atoms with Gasteiger partial charge in [-0.3, -0.25) is 14.2 Å². The van der Waals surface area contributed by atoms with Crippen LogP contribution in [0.1, 0.15) is 31.8 Å². The predicted octanol–water partition coefficient (Wildman–Crippen LogP) is 4.13. The van der Waals surface area contributed by atoms with Crippen LogP contribution < -0.4 is 9.47 Å². The standard InChI is InChI=1S/C18H18O5P/c1-11-7-5-9-13(22-3)15(11)17(19)24(21)18(20)16-12(2)8-6-10-14(16)23-4/h5-10H,1-4H3. The van der Waals surface area contributed by atoms with Gasteiger partial charge in [0.25, 0.3) is 11.0 Å². The van der Waals surface area contributed by atoms with E-state index < -0.39 is 18.8 Å². The zero-order chi connectivity index (χ0) is 17.9. The quantitative estimate of drug-likeness (QED) is 0.736. The van der Waals surface area contributed by atoms with Crippen molar-refractivity contribution in [3.8, 4) is 11.5 Å². The van der Waals surface area contributed by atoms with Gasteiger partial charge in [0, 0.05) is 0 Å². The van der Waals surface area contributed by atoms with Crippen LogP contribution in [0.2, 0.25) is 0 Å². The van der Waals surface area contributed by atoms with E-state index in [-0.39, 0.29) is 11.1 Å². The normalized spacial score (nSPS) is 10.2. The number of aryl methyl sites for hydroxylation is 2. The summed E-state index contributed by atoms with van der Waals surface area (Å²) in [4.78, 5) is 25.3. The molecule has 6 heteroatoms. The van der Waals surface area contributed by atoms with E-state index in [1.165, 1.54) is 14.2 Å². The molecule has 1 radical (unpaired) electrons. The fraction of sp³-hybridized carbons (Fsp3) is 0.222. The first-order valence-corrected chi connectivity index (χ1v) is 8.51. The van der Waals surface area contributed by atoms with Gasteiger partial charge in [-0.2, -0.15) is 0 Å². The van der Waals surface area contributed by atoms with E-state index >= 15 is 0 Å². The van der Waals surface area contributed by atoms with Crippen molar-refractivity contribution in [2.45, 2.75) is 13.8 Å². The molecule has 125 valence electrons. The molecule has 0 heterocycles. The van der Waals surface area contributed by atoms with Crippen molar-refractivity contribution in [1.82, 2.24) is 0 Å². The minimum atomic E-state index is -2.82. The maximum absolute atomic E-state index is 12.6. The summed E-state index contributed by atoms with van der Waals surface area (Å²) in [6, 6.07) is 10.1. The van der Waals surface area contributed by atoms with Gasteiger partial charge in [0.15, 0.2) is 0 Å². The summed E-state index contributed by atoms with van der Waals surface area (Å²) >= 11 is 0. The minimum Gasteiger partial charge on any atom is -0.496 e. The first-order valence-electron chi connectivity index (χ1n) is 7.25. The van der Waals surface area contributed by atoms with Crippen molar-refractivity contribution in [3.05, 3.63) is 58.7 Å². The molecule has 0 atom stereocenters. The van der Waals surface area contributed by atoms with Crippen LogP contribution in [0.3, 0.4) is 0 Å². The highest BCUT2D eigenvalue weighted by atomic mass is 31.1. The number of methoxy groups -OCH3 is 2. The zero-order valence-corrected chi connectivity index (χ0v) is 14.8. The average Bonchev–Trinajstić information content (AvgIpc) is 2.59. The lowest BCUT2D eigenvalue weighted by atomic mass is 10.1. The van der Waals surface area contributed by atoms with E-state index in [0.717, 1.165) is 0 Å². The second-order valence-electron chi connectivity index (χ2n) is 5.21. The van der Waals surface area contributed by atoms with Gasteiger partial charge in [0.1, 0.15) is 11.5 Å². The molecule has 0 amide bonds. The molecule has 2 aromatic carbocycles. The predicted molar refractivity (Wildman–Crippen MR) is 91.7 cm³/mol. The van der Waals surface area contributed by atoms with Crippen LogP contribution in [-0.2, 0) is 4.57 Å². The Morgan fingerprint density at radius 3 is 1.50 bits per heavy atom. The molecule has 0 unspecified atom stereocenters. The number of benzene rings is 2. The molecule has 2 rings (SSSR count). The van der Waals surface area contributed by atoms with E-state index in [9.17, 15) is 14.2 Å². The summed E-state index contributed by atoms with van der Waals surface area (Å²) in [6.07, 6.45) is 0. The molecule has 0 spiro atoms. The third-order valence-electron chi connectivity index (χ3n) is 3.71. The van der Waals surface area contributed by atoms with E-state index in [0.29, 0.717) is 22.6 Å². The highest BCUT2D eigenvalue weighted by molar-refractivity contribution is 7.80. The summed E-state index contributed by atoms with van der Waals surface area (Å²) < 4.78 is 23.0. The van der Waals surface area contributed by atoms with Crippen LogP contribution in [0.5, 0.6) is 11.5 Å². The van der Waals surface area contributed by atoms with Crippen molar-refractivity contribution in [1.29, 1.82) is 0 Å². The molecule has 0 aliphatic heterocycles. The van der Waals surface area contributed by atoms with Crippen molar-refractivity contribution < 1.29 is 23.6 Å². The van der Waals surface area contributed by atoms with Gasteiger partial charge in [-0.1, -0.05) is 24.3 Å². The molecule has 5 nitrogen and oxygen atoms in total. The van der Waals surface area contributed by atoms with E-state index in [1.807, 2.05) is 0 Å². The Balaban J connectivity index is 2.47. The summed E-state index contributed by atoms with van der Waals surface area (Å²) in [5, 5.41) is 0. The smallest absolute Gasteiger partial charge is 0.253 e. The van der Waals surface area contributed by atoms with Crippen LogP contribution in [0.4, 0.5) is 0 Å². The molecular formula is C18H18O5P. The Morgan fingerprint density at radius 1 is 0.792 bits per heavy atom. The Hall–Kier alpha value is -2.52. The molecule has 0 aromatic heterocycles. The van der Waals surface area contributed by atoms with Crippen LogP contribution in [0, 0.1) is 13.8 Å². The van der Waals surface area contributed by atoms with Crippen LogP contribution in [-0.4, -0.2) is 25.3 Å². The van der Waals surface area contributed by atoms with E-state index in [2.05, 4.69) is 0 Å². The topological polar surface area (TPSA) is 69.7 Å². The summed E-state index contributed by atoms with van der Waals surface area (Å²) in [5.41, 5.74) is 0.0639. The SMILES string of the molecule is COc1cccc(C)c1C(=O)[P](=O)C(=O)c1c(C)cccc1OC. The van der Waals surface area contributed by atoms with Gasteiger partial charge in [-0.25, -0.2) is 0 Å². The molecule has 2 aromatic rings.